The van der Waals surface area contributed by atoms with Gasteiger partial charge in [-0.1, -0.05) is 32.0 Å². The summed E-state index contributed by atoms with van der Waals surface area (Å²) in [5.41, 5.74) is 0.435. The first-order chi connectivity index (χ1) is 7.02. The molecule has 0 aliphatic rings. The van der Waals surface area contributed by atoms with E-state index in [2.05, 4.69) is 0 Å². The van der Waals surface area contributed by atoms with E-state index in [9.17, 15) is 14.6 Å². The molecule has 0 aliphatic carbocycles. The van der Waals surface area contributed by atoms with Crippen LogP contribution in [0.2, 0.25) is 0 Å². The molecule has 0 saturated carbocycles. The molecule has 0 saturated heterocycles. The predicted molar refractivity (Wildman–Crippen MR) is 57.0 cm³/mol. The van der Waals surface area contributed by atoms with Gasteiger partial charge >= 0.3 is 0 Å². The molecule has 0 aromatic heterocycles. The lowest BCUT2D eigenvalue weighted by Crippen LogP contribution is -2.32. The largest absolute Gasteiger partial charge is 0.390 e. The van der Waals surface area contributed by atoms with E-state index in [4.69, 9.17) is 0 Å². The van der Waals surface area contributed by atoms with Gasteiger partial charge in [0.05, 0.1) is 12.2 Å². The zero-order valence-electron chi connectivity index (χ0n) is 9.02. The van der Waals surface area contributed by atoms with Crippen LogP contribution in [-0.4, -0.2) is 22.4 Å². The molecule has 0 radical (unpaired) electrons. The van der Waals surface area contributed by atoms with Crippen LogP contribution in [0.4, 0.5) is 4.39 Å². The fourth-order valence-corrected chi connectivity index (χ4v) is 1.45. The first-order valence-electron chi connectivity index (χ1n) is 5.12. The van der Waals surface area contributed by atoms with Crippen LogP contribution in [0.25, 0.3) is 0 Å². The molecule has 15 heavy (non-hydrogen) atoms. The first kappa shape index (κ1) is 12.1. The van der Waals surface area contributed by atoms with Crippen molar-refractivity contribution in [2.24, 2.45) is 5.92 Å². The van der Waals surface area contributed by atoms with E-state index in [1.54, 1.807) is 18.2 Å². The number of aliphatic hydroxyl groups excluding tert-OH is 2. The highest BCUT2D eigenvalue weighted by Crippen LogP contribution is 2.14. The number of benzene rings is 1. The van der Waals surface area contributed by atoms with E-state index in [0.717, 1.165) is 0 Å². The summed E-state index contributed by atoms with van der Waals surface area (Å²) in [6.07, 6.45) is -1.59. The van der Waals surface area contributed by atoms with Gasteiger partial charge in [-0.3, -0.25) is 0 Å². The zero-order valence-corrected chi connectivity index (χ0v) is 9.02. The van der Waals surface area contributed by atoms with Crippen molar-refractivity contribution in [2.75, 3.05) is 0 Å². The zero-order chi connectivity index (χ0) is 11.4. The van der Waals surface area contributed by atoms with E-state index in [1.165, 1.54) is 6.07 Å². The molecule has 2 atom stereocenters. The van der Waals surface area contributed by atoms with Gasteiger partial charge in [-0.25, -0.2) is 4.39 Å². The lowest BCUT2D eigenvalue weighted by molar-refractivity contribution is -0.00768. The van der Waals surface area contributed by atoms with Crippen molar-refractivity contribution in [3.8, 4) is 0 Å². The van der Waals surface area contributed by atoms with Gasteiger partial charge in [-0.05, 0) is 17.5 Å². The van der Waals surface area contributed by atoms with Crippen LogP contribution in [-0.2, 0) is 6.42 Å². The van der Waals surface area contributed by atoms with Gasteiger partial charge in [0.15, 0.2) is 0 Å². The molecule has 84 valence electrons. The van der Waals surface area contributed by atoms with Crippen LogP contribution in [0.1, 0.15) is 19.4 Å². The molecule has 3 heteroatoms. The Morgan fingerprint density at radius 1 is 1.20 bits per heavy atom. The monoisotopic (exact) mass is 212 g/mol. The Morgan fingerprint density at radius 2 is 1.80 bits per heavy atom. The Kier molecular flexibility index (Phi) is 4.24. The van der Waals surface area contributed by atoms with Gasteiger partial charge in [-0.2, -0.15) is 0 Å². The summed E-state index contributed by atoms with van der Waals surface area (Å²) < 4.78 is 13.2. The van der Waals surface area contributed by atoms with E-state index in [0.29, 0.717) is 5.56 Å². The minimum absolute atomic E-state index is 0.0354. The second-order valence-electron chi connectivity index (χ2n) is 4.10. The molecule has 0 amide bonds. The van der Waals surface area contributed by atoms with Crippen LogP contribution in [0, 0.1) is 11.7 Å². The summed E-state index contributed by atoms with van der Waals surface area (Å²) in [6.45, 7) is 3.63. The Morgan fingerprint density at radius 3 is 2.33 bits per heavy atom. The lowest BCUT2D eigenvalue weighted by atomic mass is 9.96. The van der Waals surface area contributed by atoms with E-state index < -0.39 is 12.2 Å². The Bertz CT molecular complexity index is 312. The molecule has 2 nitrogen and oxygen atoms in total. The van der Waals surface area contributed by atoms with E-state index in [1.807, 2.05) is 13.8 Å². The topological polar surface area (TPSA) is 40.5 Å². The highest BCUT2D eigenvalue weighted by atomic mass is 19.1. The molecule has 1 aromatic rings. The number of halogens is 1. The Balaban J connectivity index is 2.66. The highest BCUT2D eigenvalue weighted by molar-refractivity contribution is 5.18. The second-order valence-corrected chi connectivity index (χ2v) is 4.10. The summed E-state index contributed by atoms with van der Waals surface area (Å²) in [4.78, 5) is 0. The minimum Gasteiger partial charge on any atom is -0.390 e. The van der Waals surface area contributed by atoms with Crippen LogP contribution in [0.15, 0.2) is 24.3 Å². The van der Waals surface area contributed by atoms with Gasteiger partial charge in [0.1, 0.15) is 5.82 Å². The average Bonchev–Trinajstić information content (AvgIpc) is 2.20. The Labute approximate surface area is 89.4 Å². The quantitative estimate of drug-likeness (QED) is 0.798. The van der Waals surface area contributed by atoms with Gasteiger partial charge in [0, 0.05) is 6.42 Å². The minimum atomic E-state index is -0.915. The van der Waals surface area contributed by atoms with Gasteiger partial charge < -0.3 is 10.2 Å². The molecule has 0 spiro atoms. The molecular formula is C12H17FO2. The third-order valence-corrected chi connectivity index (χ3v) is 2.46. The first-order valence-corrected chi connectivity index (χ1v) is 5.12. The van der Waals surface area contributed by atoms with Gasteiger partial charge in [0.2, 0.25) is 0 Å². The summed E-state index contributed by atoms with van der Waals surface area (Å²) in [5, 5.41) is 19.2. The molecule has 0 heterocycles. The van der Waals surface area contributed by atoms with Crippen LogP contribution < -0.4 is 0 Å². The number of rotatable bonds is 4. The third kappa shape index (κ3) is 3.29. The van der Waals surface area contributed by atoms with Gasteiger partial charge in [0.25, 0.3) is 0 Å². The summed E-state index contributed by atoms with van der Waals surface area (Å²) >= 11 is 0. The van der Waals surface area contributed by atoms with Crippen molar-refractivity contribution < 1.29 is 14.6 Å². The van der Waals surface area contributed by atoms with Crippen molar-refractivity contribution in [3.63, 3.8) is 0 Å². The smallest absolute Gasteiger partial charge is 0.126 e. The van der Waals surface area contributed by atoms with Crippen molar-refractivity contribution in [3.05, 3.63) is 35.6 Å². The maximum Gasteiger partial charge on any atom is 0.126 e. The van der Waals surface area contributed by atoms with Crippen molar-refractivity contribution in [1.82, 2.24) is 0 Å². The Hall–Kier alpha value is -0.930. The van der Waals surface area contributed by atoms with Gasteiger partial charge in [-0.15, -0.1) is 0 Å². The van der Waals surface area contributed by atoms with Crippen molar-refractivity contribution in [1.29, 1.82) is 0 Å². The number of aliphatic hydroxyl groups is 2. The SMILES string of the molecule is CC(C)C(O)C(O)Cc1ccccc1F. The third-order valence-electron chi connectivity index (χ3n) is 2.46. The predicted octanol–water partition coefficient (Wildman–Crippen LogP) is 1.75. The fraction of sp³-hybridized carbons (Fsp3) is 0.500. The maximum atomic E-state index is 13.2. The molecule has 0 aliphatic heterocycles. The molecule has 0 fully saturated rings. The number of hydrogen-bond donors (Lipinski definition) is 2. The maximum absolute atomic E-state index is 13.2. The van der Waals surface area contributed by atoms with Crippen LogP contribution in [0.5, 0.6) is 0 Å². The molecular weight excluding hydrogens is 195 g/mol. The standard InChI is InChI=1S/C12H17FO2/c1-8(2)12(15)11(14)7-9-5-3-4-6-10(9)13/h3-6,8,11-12,14-15H,7H2,1-2H3. The van der Waals surface area contributed by atoms with Crippen molar-refractivity contribution in [2.45, 2.75) is 32.5 Å². The number of hydrogen-bond acceptors (Lipinski definition) is 2. The fourth-order valence-electron chi connectivity index (χ4n) is 1.45. The molecule has 1 rings (SSSR count). The summed E-state index contributed by atoms with van der Waals surface area (Å²) in [7, 11) is 0. The average molecular weight is 212 g/mol. The highest BCUT2D eigenvalue weighted by Gasteiger charge is 2.20. The summed E-state index contributed by atoms with van der Waals surface area (Å²) in [6, 6.07) is 6.28. The molecule has 2 unspecified atom stereocenters. The summed E-state index contributed by atoms with van der Waals surface area (Å²) in [5.74, 6) is -0.376. The molecule has 0 bridgehead atoms. The van der Waals surface area contributed by atoms with Crippen molar-refractivity contribution >= 4 is 0 Å². The van der Waals surface area contributed by atoms with Crippen LogP contribution in [0.3, 0.4) is 0 Å². The lowest BCUT2D eigenvalue weighted by Gasteiger charge is -2.21. The van der Waals surface area contributed by atoms with Crippen LogP contribution >= 0.6 is 0 Å². The van der Waals surface area contributed by atoms with E-state index >= 15 is 0 Å². The molecule has 2 N–H and O–H groups in total. The normalized spacial score (nSPS) is 15.3. The van der Waals surface area contributed by atoms with E-state index in [-0.39, 0.29) is 18.2 Å². The second kappa shape index (κ2) is 5.24. The molecule has 1 aromatic carbocycles.